The third kappa shape index (κ3) is 3.99. The van der Waals surface area contributed by atoms with E-state index in [1.165, 1.54) is 21.3 Å². The largest absolute Gasteiger partial charge is 0.496 e. The molecule has 4 rings (SSSR count). The Bertz CT molecular complexity index is 1270. The molecule has 0 bridgehead atoms. The number of carbonyl (C=O) groups excluding carboxylic acids is 2. The van der Waals surface area contributed by atoms with Gasteiger partial charge in [0.25, 0.3) is 11.8 Å². The van der Waals surface area contributed by atoms with Gasteiger partial charge in [-0.05, 0) is 36.4 Å². The van der Waals surface area contributed by atoms with Gasteiger partial charge in [0.1, 0.15) is 22.9 Å². The van der Waals surface area contributed by atoms with Gasteiger partial charge in [-0.1, -0.05) is 41.9 Å². The number of benzene rings is 3. The number of nitrogens with zero attached hydrogens (tertiary/aromatic N) is 1. The molecule has 3 aromatic rings. The second-order valence-electron chi connectivity index (χ2n) is 7.04. The zero-order chi connectivity index (χ0) is 23.5. The molecule has 1 N–H and O–H groups in total. The van der Waals surface area contributed by atoms with E-state index in [4.69, 9.17) is 25.8 Å². The summed E-state index contributed by atoms with van der Waals surface area (Å²) in [6.07, 6.45) is 0. The van der Waals surface area contributed by atoms with Crippen LogP contribution in [-0.2, 0) is 9.59 Å². The zero-order valence-corrected chi connectivity index (χ0v) is 19.0. The topological polar surface area (TPSA) is 77.1 Å². The Labute approximate surface area is 196 Å². The van der Waals surface area contributed by atoms with E-state index in [0.29, 0.717) is 39.2 Å². The van der Waals surface area contributed by atoms with Gasteiger partial charge in [0.2, 0.25) is 0 Å². The summed E-state index contributed by atoms with van der Waals surface area (Å²) in [6, 6.07) is 18.9. The molecule has 33 heavy (non-hydrogen) atoms. The molecule has 1 aliphatic heterocycles. The van der Waals surface area contributed by atoms with Gasteiger partial charge in [0.05, 0.1) is 37.6 Å². The highest BCUT2D eigenvalue weighted by molar-refractivity contribution is 6.46. The van der Waals surface area contributed by atoms with E-state index in [1.54, 1.807) is 66.7 Å². The summed E-state index contributed by atoms with van der Waals surface area (Å²) >= 11 is 6.27. The Morgan fingerprint density at radius 2 is 1.39 bits per heavy atom. The summed E-state index contributed by atoms with van der Waals surface area (Å²) in [5, 5.41) is 3.44. The third-order valence-corrected chi connectivity index (χ3v) is 5.50. The molecular formula is C25H21ClN2O5. The molecule has 3 aromatic carbocycles. The van der Waals surface area contributed by atoms with Crippen LogP contribution in [0.25, 0.3) is 5.57 Å². The van der Waals surface area contributed by atoms with Crippen molar-refractivity contribution in [1.82, 2.24) is 0 Å². The Hall–Kier alpha value is -3.97. The van der Waals surface area contributed by atoms with Crippen LogP contribution >= 0.6 is 11.6 Å². The van der Waals surface area contributed by atoms with Gasteiger partial charge >= 0.3 is 0 Å². The Balaban J connectivity index is 1.87. The molecule has 0 spiro atoms. The molecule has 0 atom stereocenters. The minimum Gasteiger partial charge on any atom is -0.496 e. The summed E-state index contributed by atoms with van der Waals surface area (Å²) in [5.41, 5.74) is 1.61. The monoisotopic (exact) mass is 464 g/mol. The maximum absolute atomic E-state index is 13.7. The van der Waals surface area contributed by atoms with E-state index >= 15 is 0 Å². The van der Waals surface area contributed by atoms with Crippen molar-refractivity contribution in [2.75, 3.05) is 31.5 Å². The number of hydrogen-bond acceptors (Lipinski definition) is 6. The second-order valence-corrected chi connectivity index (χ2v) is 7.45. The maximum Gasteiger partial charge on any atom is 0.282 e. The van der Waals surface area contributed by atoms with Gasteiger partial charge in [-0.2, -0.15) is 0 Å². The molecule has 8 heteroatoms. The second kappa shape index (κ2) is 9.26. The Morgan fingerprint density at radius 3 is 2.06 bits per heavy atom. The van der Waals surface area contributed by atoms with Crippen LogP contribution in [0.15, 0.2) is 72.4 Å². The fourth-order valence-corrected chi connectivity index (χ4v) is 3.93. The lowest BCUT2D eigenvalue weighted by Gasteiger charge is -2.18. The van der Waals surface area contributed by atoms with E-state index in [0.717, 1.165) is 4.90 Å². The lowest BCUT2D eigenvalue weighted by Crippen LogP contribution is -2.32. The molecule has 0 fully saturated rings. The predicted molar refractivity (Wildman–Crippen MR) is 127 cm³/mol. The van der Waals surface area contributed by atoms with Crippen LogP contribution in [0.2, 0.25) is 5.02 Å². The molecule has 0 saturated carbocycles. The summed E-state index contributed by atoms with van der Waals surface area (Å²) < 4.78 is 16.1. The Kier molecular flexibility index (Phi) is 6.24. The average molecular weight is 465 g/mol. The summed E-state index contributed by atoms with van der Waals surface area (Å²) in [5.74, 6) is 0.314. The number of carbonyl (C=O) groups is 2. The fraction of sp³-hybridized carbons (Fsp3) is 0.120. The lowest BCUT2D eigenvalue weighted by atomic mass is 10.0. The molecule has 0 unspecified atom stereocenters. The van der Waals surface area contributed by atoms with Crippen molar-refractivity contribution in [2.45, 2.75) is 0 Å². The normalized spacial score (nSPS) is 13.4. The molecule has 2 amide bonds. The van der Waals surface area contributed by atoms with Gasteiger partial charge in [0, 0.05) is 11.3 Å². The van der Waals surface area contributed by atoms with Crippen LogP contribution in [-0.4, -0.2) is 33.1 Å². The lowest BCUT2D eigenvalue weighted by molar-refractivity contribution is -0.120. The van der Waals surface area contributed by atoms with Crippen LogP contribution in [0.3, 0.4) is 0 Å². The van der Waals surface area contributed by atoms with E-state index < -0.39 is 11.8 Å². The van der Waals surface area contributed by atoms with Crippen molar-refractivity contribution in [1.29, 1.82) is 0 Å². The van der Waals surface area contributed by atoms with E-state index in [2.05, 4.69) is 5.32 Å². The molecule has 0 saturated heterocycles. The number of nitrogens with one attached hydrogen (secondary N) is 1. The minimum atomic E-state index is -0.530. The summed E-state index contributed by atoms with van der Waals surface area (Å²) in [4.78, 5) is 28.4. The first-order valence-electron chi connectivity index (χ1n) is 10.00. The number of ether oxygens (including phenoxy) is 3. The van der Waals surface area contributed by atoms with Crippen LogP contribution in [0.4, 0.5) is 11.4 Å². The van der Waals surface area contributed by atoms with Crippen LogP contribution < -0.4 is 24.4 Å². The Morgan fingerprint density at radius 1 is 0.758 bits per heavy atom. The number of para-hydroxylation sites is 3. The summed E-state index contributed by atoms with van der Waals surface area (Å²) in [6.45, 7) is 0. The number of halogens is 1. The number of hydrogen-bond donors (Lipinski definition) is 1. The van der Waals surface area contributed by atoms with Crippen LogP contribution in [0.1, 0.15) is 5.56 Å². The molecule has 7 nitrogen and oxygen atoms in total. The molecule has 1 aliphatic rings. The first kappa shape index (κ1) is 22.2. The van der Waals surface area contributed by atoms with Crippen molar-refractivity contribution in [3.8, 4) is 17.2 Å². The van der Waals surface area contributed by atoms with E-state index in [1.807, 2.05) is 0 Å². The molecule has 0 radical (unpaired) electrons. The summed E-state index contributed by atoms with van der Waals surface area (Å²) in [7, 11) is 4.51. The average Bonchev–Trinajstić information content (AvgIpc) is 3.07. The predicted octanol–water partition coefficient (Wildman–Crippen LogP) is 4.76. The molecule has 1 heterocycles. The van der Waals surface area contributed by atoms with Gasteiger partial charge in [0.15, 0.2) is 0 Å². The number of imide groups is 1. The molecule has 0 aromatic heterocycles. The SMILES string of the molecule is COc1ccc(NC2=C(c3ccccc3OC)C(=O)N(c3ccccc3OC)C2=O)cc1Cl. The van der Waals surface area contributed by atoms with Crippen LogP contribution in [0.5, 0.6) is 17.2 Å². The van der Waals surface area contributed by atoms with Crippen molar-refractivity contribution in [3.63, 3.8) is 0 Å². The van der Waals surface area contributed by atoms with E-state index in [9.17, 15) is 9.59 Å². The fourth-order valence-electron chi connectivity index (χ4n) is 3.67. The standard InChI is InChI=1S/C25H21ClN2O5/c1-31-19-10-6-4-8-16(19)22-23(27-15-12-13-20(32-2)17(26)14-15)25(30)28(24(22)29)18-9-5-7-11-21(18)33-3/h4-14,27H,1-3H3. The van der Waals surface area contributed by atoms with Crippen molar-refractivity contribution in [2.24, 2.45) is 0 Å². The number of methoxy groups -OCH3 is 3. The van der Waals surface area contributed by atoms with Gasteiger partial charge in [-0.15, -0.1) is 0 Å². The smallest absolute Gasteiger partial charge is 0.282 e. The third-order valence-electron chi connectivity index (χ3n) is 5.21. The first-order chi connectivity index (χ1) is 16.0. The van der Waals surface area contributed by atoms with Gasteiger partial charge in [-0.3, -0.25) is 9.59 Å². The number of rotatable bonds is 7. The number of anilines is 2. The highest BCUT2D eigenvalue weighted by atomic mass is 35.5. The van der Waals surface area contributed by atoms with E-state index in [-0.39, 0.29) is 11.3 Å². The quantitative estimate of drug-likeness (QED) is 0.508. The zero-order valence-electron chi connectivity index (χ0n) is 18.2. The first-order valence-corrected chi connectivity index (χ1v) is 10.4. The highest BCUT2D eigenvalue weighted by Gasteiger charge is 2.42. The van der Waals surface area contributed by atoms with Crippen LogP contribution in [0, 0.1) is 0 Å². The molecular weight excluding hydrogens is 444 g/mol. The van der Waals surface area contributed by atoms with Gasteiger partial charge in [-0.25, -0.2) is 4.90 Å². The van der Waals surface area contributed by atoms with Crippen molar-refractivity contribution in [3.05, 3.63) is 83.0 Å². The van der Waals surface area contributed by atoms with Crippen molar-refractivity contribution < 1.29 is 23.8 Å². The highest BCUT2D eigenvalue weighted by Crippen LogP contribution is 2.40. The molecule has 168 valence electrons. The minimum absolute atomic E-state index is 0.0941. The van der Waals surface area contributed by atoms with Crippen molar-refractivity contribution >= 4 is 40.4 Å². The maximum atomic E-state index is 13.7. The molecule has 0 aliphatic carbocycles. The van der Waals surface area contributed by atoms with Gasteiger partial charge < -0.3 is 19.5 Å². The number of amides is 2.